The molecule has 8 nitrogen and oxygen atoms in total. The highest BCUT2D eigenvalue weighted by molar-refractivity contribution is 5.93. The summed E-state index contributed by atoms with van der Waals surface area (Å²) < 4.78 is 5.00. The predicted molar refractivity (Wildman–Crippen MR) is 81.6 cm³/mol. The number of rotatable bonds is 5. The lowest BCUT2D eigenvalue weighted by Gasteiger charge is -2.32. The molecule has 0 aromatic heterocycles. The Labute approximate surface area is 132 Å². The number of esters is 1. The smallest absolute Gasteiger partial charge is 0.342 e. The van der Waals surface area contributed by atoms with Gasteiger partial charge >= 0.3 is 11.9 Å². The molecule has 0 aliphatic carbocycles. The van der Waals surface area contributed by atoms with Gasteiger partial charge in [-0.3, -0.25) is 14.9 Å². The molecule has 0 spiro atoms. The van der Waals surface area contributed by atoms with E-state index < -0.39 is 16.6 Å². The Morgan fingerprint density at radius 2 is 2.04 bits per heavy atom. The minimum atomic E-state index is -1.33. The Kier molecular flexibility index (Phi) is 5.15. The van der Waals surface area contributed by atoms with Crippen molar-refractivity contribution in [3.63, 3.8) is 0 Å². The van der Waals surface area contributed by atoms with E-state index >= 15 is 0 Å². The molecule has 1 aromatic rings. The summed E-state index contributed by atoms with van der Waals surface area (Å²) in [5.41, 5.74) is -0.155. The second kappa shape index (κ2) is 7.08. The number of anilines is 1. The summed E-state index contributed by atoms with van der Waals surface area (Å²) in [6.45, 7) is 3.25. The number of aromatic carboxylic acids is 1. The van der Waals surface area contributed by atoms with E-state index in [2.05, 4.69) is 0 Å². The van der Waals surface area contributed by atoms with Gasteiger partial charge in [0.25, 0.3) is 5.69 Å². The summed E-state index contributed by atoms with van der Waals surface area (Å²) in [6.07, 6.45) is 1.22. The maximum atomic E-state index is 11.7. The van der Waals surface area contributed by atoms with E-state index in [1.165, 1.54) is 18.2 Å². The van der Waals surface area contributed by atoms with Gasteiger partial charge in [-0.25, -0.2) is 4.79 Å². The van der Waals surface area contributed by atoms with Crippen molar-refractivity contribution in [2.75, 3.05) is 24.6 Å². The SMILES string of the molecule is CCOC(=O)C1CCN(c2ccc([N+](=O)[O-])c(C(=O)O)c2)CC1. The van der Waals surface area contributed by atoms with E-state index in [0.29, 0.717) is 38.2 Å². The zero-order valence-corrected chi connectivity index (χ0v) is 12.7. The third-order valence-corrected chi connectivity index (χ3v) is 3.89. The summed E-state index contributed by atoms with van der Waals surface area (Å²) in [5, 5.41) is 20.0. The number of nitrogens with zero attached hydrogens (tertiary/aromatic N) is 2. The fourth-order valence-corrected chi connectivity index (χ4v) is 2.68. The minimum Gasteiger partial charge on any atom is -0.477 e. The monoisotopic (exact) mass is 322 g/mol. The Morgan fingerprint density at radius 1 is 1.39 bits per heavy atom. The summed E-state index contributed by atoms with van der Waals surface area (Å²) in [6, 6.07) is 4.05. The summed E-state index contributed by atoms with van der Waals surface area (Å²) in [4.78, 5) is 35.0. The van der Waals surface area contributed by atoms with Crippen LogP contribution < -0.4 is 4.90 Å². The maximum absolute atomic E-state index is 11.7. The Hall–Kier alpha value is -2.64. The van der Waals surface area contributed by atoms with Crippen molar-refractivity contribution in [3.8, 4) is 0 Å². The fraction of sp³-hybridized carbons (Fsp3) is 0.467. The van der Waals surface area contributed by atoms with Crippen LogP contribution in [0.5, 0.6) is 0 Å². The molecule has 1 N–H and O–H groups in total. The fourth-order valence-electron chi connectivity index (χ4n) is 2.68. The van der Waals surface area contributed by atoms with Crippen LogP contribution in [0.4, 0.5) is 11.4 Å². The van der Waals surface area contributed by atoms with Gasteiger partial charge in [0.1, 0.15) is 5.56 Å². The number of carboxylic acids is 1. The molecule has 1 aromatic carbocycles. The van der Waals surface area contributed by atoms with Crippen molar-refractivity contribution in [1.29, 1.82) is 0 Å². The van der Waals surface area contributed by atoms with E-state index in [0.717, 1.165) is 0 Å². The first-order valence-electron chi connectivity index (χ1n) is 7.37. The molecule has 1 aliphatic rings. The van der Waals surface area contributed by atoms with Crippen molar-refractivity contribution in [3.05, 3.63) is 33.9 Å². The van der Waals surface area contributed by atoms with Crippen molar-refractivity contribution in [1.82, 2.24) is 0 Å². The van der Waals surface area contributed by atoms with Crippen LogP contribution in [-0.4, -0.2) is 41.7 Å². The van der Waals surface area contributed by atoms with E-state index in [4.69, 9.17) is 9.84 Å². The topological polar surface area (TPSA) is 110 Å². The Balaban J connectivity index is 2.12. The second-order valence-corrected chi connectivity index (χ2v) is 5.28. The molecular weight excluding hydrogens is 304 g/mol. The van der Waals surface area contributed by atoms with E-state index in [-0.39, 0.29) is 17.5 Å². The third kappa shape index (κ3) is 3.77. The third-order valence-electron chi connectivity index (χ3n) is 3.89. The van der Waals surface area contributed by atoms with Gasteiger partial charge in [0.05, 0.1) is 17.4 Å². The predicted octanol–water partition coefficient (Wildman–Crippen LogP) is 2.07. The molecule has 2 rings (SSSR count). The minimum absolute atomic E-state index is 0.150. The highest BCUT2D eigenvalue weighted by Crippen LogP contribution is 2.28. The first-order chi connectivity index (χ1) is 10.9. The van der Waals surface area contributed by atoms with E-state index in [1.54, 1.807) is 6.92 Å². The van der Waals surface area contributed by atoms with Crippen LogP contribution in [0, 0.1) is 16.0 Å². The lowest BCUT2D eigenvalue weighted by Crippen LogP contribution is -2.37. The van der Waals surface area contributed by atoms with Crippen molar-refractivity contribution in [2.24, 2.45) is 5.92 Å². The van der Waals surface area contributed by atoms with Crippen molar-refractivity contribution in [2.45, 2.75) is 19.8 Å². The molecule has 23 heavy (non-hydrogen) atoms. The molecule has 0 unspecified atom stereocenters. The molecule has 0 saturated carbocycles. The van der Waals surface area contributed by atoms with Crippen LogP contribution in [0.25, 0.3) is 0 Å². The first kappa shape index (κ1) is 16.7. The normalized spacial score (nSPS) is 15.3. The van der Waals surface area contributed by atoms with Crippen LogP contribution >= 0.6 is 0 Å². The van der Waals surface area contributed by atoms with Crippen LogP contribution in [0.3, 0.4) is 0 Å². The highest BCUT2D eigenvalue weighted by atomic mass is 16.6. The van der Waals surface area contributed by atoms with Crippen LogP contribution in [0.2, 0.25) is 0 Å². The number of carbonyl (C=O) groups excluding carboxylic acids is 1. The molecule has 0 amide bonds. The number of carboxylic acid groups (broad SMARTS) is 1. The lowest BCUT2D eigenvalue weighted by molar-refractivity contribution is -0.385. The molecular formula is C15H18N2O6. The van der Waals surface area contributed by atoms with E-state index in [9.17, 15) is 19.7 Å². The Morgan fingerprint density at radius 3 is 2.57 bits per heavy atom. The number of piperidine rings is 1. The van der Waals surface area contributed by atoms with Gasteiger partial charge in [-0.15, -0.1) is 0 Å². The van der Waals surface area contributed by atoms with Crippen molar-refractivity contribution >= 4 is 23.3 Å². The molecule has 124 valence electrons. The van der Waals surface area contributed by atoms with Gasteiger partial charge in [0, 0.05) is 24.8 Å². The van der Waals surface area contributed by atoms with Crippen LogP contribution in [0.15, 0.2) is 18.2 Å². The molecule has 0 radical (unpaired) electrons. The maximum Gasteiger partial charge on any atom is 0.342 e. The zero-order chi connectivity index (χ0) is 17.0. The van der Waals surface area contributed by atoms with Gasteiger partial charge in [-0.1, -0.05) is 0 Å². The number of nitro groups is 1. The van der Waals surface area contributed by atoms with Gasteiger partial charge in [0.2, 0.25) is 0 Å². The molecule has 1 fully saturated rings. The van der Waals surface area contributed by atoms with Gasteiger partial charge in [0.15, 0.2) is 0 Å². The summed E-state index contributed by atoms with van der Waals surface area (Å²) in [5.74, 6) is -1.69. The van der Waals surface area contributed by atoms with Gasteiger partial charge in [-0.2, -0.15) is 0 Å². The highest BCUT2D eigenvalue weighted by Gasteiger charge is 2.27. The number of hydrogen-bond donors (Lipinski definition) is 1. The number of nitro benzene ring substituents is 1. The molecule has 1 saturated heterocycles. The lowest BCUT2D eigenvalue weighted by atomic mass is 9.96. The van der Waals surface area contributed by atoms with Crippen molar-refractivity contribution < 1.29 is 24.4 Å². The average Bonchev–Trinajstić information content (AvgIpc) is 2.54. The standard InChI is InChI=1S/C15H18N2O6/c1-2-23-15(20)10-5-7-16(8-6-10)11-3-4-13(17(21)22)12(9-11)14(18)19/h3-4,9-10H,2,5-8H2,1H3,(H,18,19). The van der Waals surface area contributed by atoms with Gasteiger partial charge in [-0.05, 0) is 31.9 Å². The Bertz CT molecular complexity index is 622. The number of hydrogen-bond acceptors (Lipinski definition) is 6. The molecule has 1 aliphatic heterocycles. The molecule has 0 bridgehead atoms. The average molecular weight is 322 g/mol. The quantitative estimate of drug-likeness (QED) is 0.502. The molecule has 0 atom stereocenters. The number of carbonyl (C=O) groups is 2. The molecule has 8 heteroatoms. The molecule has 1 heterocycles. The zero-order valence-electron chi connectivity index (χ0n) is 12.7. The summed E-state index contributed by atoms with van der Waals surface area (Å²) >= 11 is 0. The number of ether oxygens (including phenoxy) is 1. The van der Waals surface area contributed by atoms with E-state index in [1.807, 2.05) is 4.90 Å². The number of benzene rings is 1. The second-order valence-electron chi connectivity index (χ2n) is 5.28. The summed E-state index contributed by atoms with van der Waals surface area (Å²) in [7, 11) is 0. The van der Waals surface area contributed by atoms with Crippen LogP contribution in [-0.2, 0) is 9.53 Å². The largest absolute Gasteiger partial charge is 0.477 e. The van der Waals surface area contributed by atoms with Crippen LogP contribution in [0.1, 0.15) is 30.1 Å². The van der Waals surface area contributed by atoms with Gasteiger partial charge < -0.3 is 14.7 Å². The first-order valence-corrected chi connectivity index (χ1v) is 7.37.